The Kier molecular flexibility index (Phi) is 6.78. The summed E-state index contributed by atoms with van der Waals surface area (Å²) in [5.41, 5.74) is 4.86. The van der Waals surface area contributed by atoms with E-state index in [0.717, 1.165) is 12.8 Å². The predicted molar refractivity (Wildman–Crippen MR) is 129 cm³/mol. The van der Waals surface area contributed by atoms with Gasteiger partial charge in [-0.3, -0.25) is 14.4 Å². The average Bonchev–Trinajstić information content (AvgIpc) is 3.07. The number of nitrogens with zero attached hydrogens (tertiary/aromatic N) is 2. The lowest BCUT2D eigenvalue weighted by Gasteiger charge is -2.26. The molecule has 1 aromatic carbocycles. The maximum atomic E-state index is 12.9. The molecule has 2 aliphatic rings. The Morgan fingerprint density at radius 3 is 2.70 bits per heavy atom. The number of rotatable bonds is 7. The van der Waals surface area contributed by atoms with E-state index in [1.54, 1.807) is 12.1 Å². The van der Waals surface area contributed by atoms with Gasteiger partial charge >= 0.3 is 0 Å². The monoisotopic (exact) mass is 452 g/mol. The molecular formula is C24H32N6O3. The lowest BCUT2D eigenvalue weighted by Crippen LogP contribution is -2.32. The van der Waals surface area contributed by atoms with Crippen LogP contribution >= 0.6 is 0 Å². The van der Waals surface area contributed by atoms with Gasteiger partial charge in [0, 0.05) is 41.2 Å². The lowest BCUT2D eigenvalue weighted by atomic mass is 9.80. The number of hydrogen-bond acceptors (Lipinski definition) is 5. The van der Waals surface area contributed by atoms with E-state index in [4.69, 9.17) is 0 Å². The molecule has 9 nitrogen and oxygen atoms in total. The van der Waals surface area contributed by atoms with Crippen LogP contribution in [0.4, 0.5) is 5.69 Å². The number of hydrogen-bond donors (Lipinski definition) is 4. The Balaban J connectivity index is 1.63. The maximum absolute atomic E-state index is 12.9. The van der Waals surface area contributed by atoms with E-state index < -0.39 is 0 Å². The molecule has 0 unspecified atom stereocenters. The molecule has 4 N–H and O–H groups in total. The summed E-state index contributed by atoms with van der Waals surface area (Å²) in [5.74, 6) is -0.423. The molecule has 1 aliphatic heterocycles. The van der Waals surface area contributed by atoms with Crippen LogP contribution in [0.5, 0.6) is 0 Å². The van der Waals surface area contributed by atoms with Gasteiger partial charge in [-0.25, -0.2) is 5.43 Å². The number of aromatic nitrogens is 1. The van der Waals surface area contributed by atoms with E-state index >= 15 is 0 Å². The van der Waals surface area contributed by atoms with E-state index in [1.807, 2.05) is 25.9 Å². The lowest BCUT2D eigenvalue weighted by molar-refractivity contribution is -0.121. The number of amides is 3. The SMILES string of the molecule is C[C@@H](C(=O)Nc1cc2c3c(c(C(=O)NCCN(C)C)[nH]c3c1)C=NNC2=O)C1CCCCC1. The molecule has 0 bridgehead atoms. The van der Waals surface area contributed by atoms with Crippen LogP contribution < -0.4 is 16.1 Å². The van der Waals surface area contributed by atoms with Crippen LogP contribution in [0.25, 0.3) is 10.9 Å². The molecular weight excluding hydrogens is 420 g/mol. The Labute approximate surface area is 193 Å². The van der Waals surface area contributed by atoms with Crippen molar-refractivity contribution < 1.29 is 14.4 Å². The minimum absolute atomic E-state index is 0.0489. The van der Waals surface area contributed by atoms with Crippen LogP contribution in [0, 0.1) is 11.8 Å². The highest BCUT2D eigenvalue weighted by Gasteiger charge is 2.27. The molecule has 1 aliphatic carbocycles. The number of carbonyl (C=O) groups excluding carboxylic acids is 3. The smallest absolute Gasteiger partial charge is 0.272 e. The molecule has 176 valence electrons. The summed E-state index contributed by atoms with van der Waals surface area (Å²) in [4.78, 5) is 43.6. The first-order valence-electron chi connectivity index (χ1n) is 11.6. The zero-order chi connectivity index (χ0) is 23.5. The van der Waals surface area contributed by atoms with Crippen molar-refractivity contribution in [1.29, 1.82) is 0 Å². The third-order valence-electron chi connectivity index (χ3n) is 6.65. The number of hydrazone groups is 1. The van der Waals surface area contributed by atoms with E-state index in [9.17, 15) is 14.4 Å². The number of H-pyrrole nitrogens is 1. The quantitative estimate of drug-likeness (QED) is 0.516. The summed E-state index contributed by atoms with van der Waals surface area (Å²) in [6, 6.07) is 3.43. The molecule has 1 fully saturated rings. The van der Waals surface area contributed by atoms with Crippen molar-refractivity contribution in [2.75, 3.05) is 32.5 Å². The van der Waals surface area contributed by atoms with Gasteiger partial charge in [-0.15, -0.1) is 0 Å². The first-order chi connectivity index (χ1) is 15.8. The van der Waals surface area contributed by atoms with E-state index in [0.29, 0.717) is 52.4 Å². The van der Waals surface area contributed by atoms with Crippen LogP contribution in [0.2, 0.25) is 0 Å². The molecule has 0 radical (unpaired) electrons. The minimum atomic E-state index is -0.384. The Hall–Kier alpha value is -3.20. The average molecular weight is 453 g/mol. The first kappa shape index (κ1) is 23.0. The highest BCUT2D eigenvalue weighted by molar-refractivity contribution is 6.19. The van der Waals surface area contributed by atoms with Crippen molar-refractivity contribution in [2.24, 2.45) is 16.9 Å². The highest BCUT2D eigenvalue weighted by atomic mass is 16.2. The normalized spacial score (nSPS) is 17.0. The fraction of sp³-hybridized carbons (Fsp3) is 0.500. The molecule has 2 aromatic rings. The van der Waals surface area contributed by atoms with Gasteiger partial charge in [0.25, 0.3) is 11.8 Å². The van der Waals surface area contributed by atoms with Gasteiger partial charge in [0.05, 0.1) is 11.8 Å². The van der Waals surface area contributed by atoms with Gasteiger partial charge in [-0.05, 0) is 45.0 Å². The van der Waals surface area contributed by atoms with Crippen LogP contribution in [-0.4, -0.2) is 61.0 Å². The first-order valence-corrected chi connectivity index (χ1v) is 11.6. The third kappa shape index (κ3) is 4.93. The summed E-state index contributed by atoms with van der Waals surface area (Å²) in [6.07, 6.45) is 7.21. The molecule has 2 heterocycles. The molecule has 1 atom stereocenters. The van der Waals surface area contributed by atoms with Gasteiger partial charge in [0.1, 0.15) is 5.69 Å². The standard InChI is InChI=1S/C24H32N6O3/c1-14(15-7-5-4-6-8-15)22(31)27-16-11-17-20-18(13-26-29-23(17)32)21(28-19(20)12-16)24(33)25-9-10-30(2)3/h11-15,28H,4-10H2,1-3H3,(H,25,33)(H,27,31)(H,29,32)/t14-/m1/s1. The fourth-order valence-corrected chi connectivity index (χ4v) is 4.72. The minimum Gasteiger partial charge on any atom is -0.350 e. The van der Waals surface area contributed by atoms with Gasteiger partial charge in [-0.2, -0.15) is 5.10 Å². The topological polar surface area (TPSA) is 119 Å². The van der Waals surface area contributed by atoms with Gasteiger partial charge in [-0.1, -0.05) is 26.2 Å². The van der Waals surface area contributed by atoms with E-state index in [2.05, 4.69) is 26.1 Å². The number of benzene rings is 1. The Morgan fingerprint density at radius 2 is 1.97 bits per heavy atom. The Bertz CT molecular complexity index is 1100. The predicted octanol–water partition coefficient (Wildman–Crippen LogP) is 2.69. The van der Waals surface area contributed by atoms with Crippen molar-refractivity contribution in [1.82, 2.24) is 20.6 Å². The summed E-state index contributed by atoms with van der Waals surface area (Å²) in [7, 11) is 3.87. The largest absolute Gasteiger partial charge is 0.350 e. The molecule has 9 heteroatoms. The number of likely N-dealkylation sites (N-methyl/N-ethyl adjacent to an activating group) is 1. The summed E-state index contributed by atoms with van der Waals surface area (Å²) < 4.78 is 0. The molecule has 0 spiro atoms. The zero-order valence-electron chi connectivity index (χ0n) is 19.5. The summed E-state index contributed by atoms with van der Waals surface area (Å²) >= 11 is 0. The van der Waals surface area contributed by atoms with Crippen molar-refractivity contribution in [2.45, 2.75) is 39.0 Å². The number of carbonyl (C=O) groups is 3. The van der Waals surface area contributed by atoms with Crippen LogP contribution in [0.3, 0.4) is 0 Å². The molecule has 1 aromatic heterocycles. The molecule has 0 saturated heterocycles. The summed E-state index contributed by atoms with van der Waals surface area (Å²) in [5, 5.41) is 10.5. The van der Waals surface area contributed by atoms with Crippen LogP contribution in [-0.2, 0) is 4.79 Å². The van der Waals surface area contributed by atoms with E-state index in [1.165, 1.54) is 25.5 Å². The highest BCUT2D eigenvalue weighted by Crippen LogP contribution is 2.32. The van der Waals surface area contributed by atoms with Crippen molar-refractivity contribution in [3.63, 3.8) is 0 Å². The second-order valence-electron chi connectivity index (χ2n) is 9.29. The molecule has 3 amide bonds. The van der Waals surface area contributed by atoms with Crippen molar-refractivity contribution in [3.8, 4) is 0 Å². The molecule has 33 heavy (non-hydrogen) atoms. The second kappa shape index (κ2) is 9.74. The number of anilines is 1. The second-order valence-corrected chi connectivity index (χ2v) is 9.29. The molecule has 4 rings (SSSR count). The maximum Gasteiger partial charge on any atom is 0.272 e. The van der Waals surface area contributed by atoms with Crippen LogP contribution in [0.15, 0.2) is 17.2 Å². The van der Waals surface area contributed by atoms with E-state index in [-0.39, 0.29) is 23.6 Å². The zero-order valence-corrected chi connectivity index (χ0v) is 19.5. The van der Waals surface area contributed by atoms with Crippen LogP contribution in [0.1, 0.15) is 65.4 Å². The fourth-order valence-electron chi connectivity index (χ4n) is 4.72. The number of nitrogens with one attached hydrogen (secondary N) is 4. The van der Waals surface area contributed by atoms with Gasteiger partial charge in [0.15, 0.2) is 0 Å². The van der Waals surface area contributed by atoms with Gasteiger partial charge < -0.3 is 20.5 Å². The number of aromatic amines is 1. The third-order valence-corrected chi connectivity index (χ3v) is 6.65. The van der Waals surface area contributed by atoms with Crippen molar-refractivity contribution in [3.05, 3.63) is 29.0 Å². The summed E-state index contributed by atoms with van der Waals surface area (Å²) in [6.45, 7) is 3.17. The van der Waals surface area contributed by atoms with Gasteiger partial charge in [0.2, 0.25) is 5.91 Å². The molecule has 1 saturated carbocycles. The van der Waals surface area contributed by atoms with Crippen molar-refractivity contribution >= 4 is 40.5 Å². The Morgan fingerprint density at radius 1 is 1.21 bits per heavy atom.